The number of anilines is 1. The van der Waals surface area contributed by atoms with Gasteiger partial charge in [0.05, 0.1) is 7.11 Å². The fraction of sp³-hybridized carbons (Fsp3) is 0.467. The van der Waals surface area contributed by atoms with Crippen molar-refractivity contribution in [3.05, 3.63) is 23.8 Å². The van der Waals surface area contributed by atoms with E-state index >= 15 is 0 Å². The molecule has 0 atom stereocenters. The van der Waals surface area contributed by atoms with Crippen molar-refractivity contribution in [1.29, 1.82) is 0 Å². The van der Waals surface area contributed by atoms with E-state index < -0.39 is 5.97 Å². The van der Waals surface area contributed by atoms with E-state index in [-0.39, 0.29) is 7.43 Å². The number of piperidine rings is 1. The minimum atomic E-state index is -0.417. The van der Waals surface area contributed by atoms with Crippen LogP contribution >= 0.6 is 0 Å². The average molecular weight is 291 g/mol. The molecule has 1 aliphatic heterocycles. The van der Waals surface area contributed by atoms with Crippen molar-refractivity contribution in [3.63, 3.8) is 0 Å². The van der Waals surface area contributed by atoms with Crippen LogP contribution in [0.25, 0.3) is 11.1 Å². The predicted molar refractivity (Wildman–Crippen MR) is 81.6 cm³/mol. The van der Waals surface area contributed by atoms with Gasteiger partial charge in [-0.05, 0) is 38.1 Å². The second-order valence-corrected chi connectivity index (χ2v) is 4.83. The highest BCUT2D eigenvalue weighted by Gasteiger charge is 2.18. The summed E-state index contributed by atoms with van der Waals surface area (Å²) in [5, 5.41) is 6.59. The summed E-state index contributed by atoms with van der Waals surface area (Å²) in [4.78, 5) is 16.1. The van der Waals surface area contributed by atoms with Crippen LogP contribution in [0.1, 0.15) is 30.6 Å². The number of esters is 1. The van der Waals surface area contributed by atoms with Crippen molar-refractivity contribution in [2.24, 2.45) is 0 Å². The number of nitrogens with zero attached hydrogens (tertiary/aromatic N) is 1. The lowest BCUT2D eigenvalue weighted by molar-refractivity contribution is 0.0602. The quantitative estimate of drug-likeness (QED) is 0.846. The molecular weight excluding hydrogens is 270 g/mol. The summed E-state index contributed by atoms with van der Waals surface area (Å²) in [5.41, 5.74) is 1.52. The molecule has 0 bridgehead atoms. The largest absolute Gasteiger partial charge is 0.465 e. The van der Waals surface area contributed by atoms with Gasteiger partial charge < -0.3 is 19.8 Å². The Hall–Kier alpha value is -2.08. The van der Waals surface area contributed by atoms with Gasteiger partial charge in [0.15, 0.2) is 5.58 Å². The van der Waals surface area contributed by atoms with E-state index in [4.69, 9.17) is 9.15 Å². The number of methoxy groups -OCH3 is 1. The van der Waals surface area contributed by atoms with Crippen LogP contribution in [0.3, 0.4) is 0 Å². The van der Waals surface area contributed by atoms with Crippen LogP contribution in [-0.4, -0.2) is 37.2 Å². The molecule has 0 saturated carbocycles. The van der Waals surface area contributed by atoms with Crippen molar-refractivity contribution >= 4 is 23.1 Å². The molecule has 21 heavy (non-hydrogen) atoms. The van der Waals surface area contributed by atoms with Gasteiger partial charge in [-0.3, -0.25) is 0 Å². The zero-order valence-corrected chi connectivity index (χ0v) is 11.3. The molecule has 1 aliphatic rings. The van der Waals surface area contributed by atoms with Gasteiger partial charge in [0.2, 0.25) is 0 Å². The number of rotatable bonds is 3. The number of carbonyl (C=O) groups excluding carboxylic acids is 1. The highest BCUT2D eigenvalue weighted by Crippen LogP contribution is 2.24. The Labute approximate surface area is 123 Å². The monoisotopic (exact) mass is 291 g/mol. The lowest BCUT2D eigenvalue weighted by atomic mass is 10.1. The molecule has 0 amide bonds. The number of oxazole rings is 1. The molecule has 0 aliphatic carbocycles. The Morgan fingerprint density at radius 3 is 2.90 bits per heavy atom. The molecule has 1 fully saturated rings. The third kappa shape index (κ3) is 3.16. The van der Waals surface area contributed by atoms with Gasteiger partial charge in [-0.25, -0.2) is 4.79 Å². The Bertz CT molecular complexity index is 618. The van der Waals surface area contributed by atoms with E-state index in [9.17, 15) is 4.79 Å². The van der Waals surface area contributed by atoms with Crippen LogP contribution in [-0.2, 0) is 4.74 Å². The Balaban J connectivity index is 0.00000161. The first-order valence-corrected chi connectivity index (χ1v) is 6.73. The van der Waals surface area contributed by atoms with Gasteiger partial charge >= 0.3 is 5.97 Å². The van der Waals surface area contributed by atoms with Crippen LogP contribution < -0.4 is 10.6 Å². The van der Waals surface area contributed by atoms with Gasteiger partial charge in [-0.15, -0.1) is 0 Å². The van der Waals surface area contributed by atoms with Crippen molar-refractivity contribution < 1.29 is 13.9 Å². The van der Waals surface area contributed by atoms with E-state index in [1.807, 2.05) is 6.07 Å². The molecule has 1 aromatic carbocycles. The third-order valence-corrected chi connectivity index (χ3v) is 3.49. The predicted octanol–water partition coefficient (Wildman–Crippen LogP) is 2.41. The number of hydrogen-bond donors (Lipinski definition) is 2. The van der Waals surface area contributed by atoms with Crippen molar-refractivity contribution in [2.75, 3.05) is 25.5 Å². The van der Waals surface area contributed by atoms with Gasteiger partial charge in [0, 0.05) is 6.04 Å². The smallest absolute Gasteiger partial charge is 0.341 e. The minimum absolute atomic E-state index is 0. The summed E-state index contributed by atoms with van der Waals surface area (Å²) in [7, 11) is 1.35. The van der Waals surface area contributed by atoms with Crippen molar-refractivity contribution in [2.45, 2.75) is 26.3 Å². The van der Waals surface area contributed by atoms with E-state index in [0.29, 0.717) is 28.7 Å². The lowest BCUT2D eigenvalue weighted by Gasteiger charge is -2.22. The number of para-hydroxylation sites is 1. The van der Waals surface area contributed by atoms with E-state index in [1.165, 1.54) is 7.11 Å². The zero-order chi connectivity index (χ0) is 13.9. The molecule has 0 radical (unpaired) electrons. The highest BCUT2D eigenvalue weighted by atomic mass is 16.5. The van der Waals surface area contributed by atoms with Crippen molar-refractivity contribution in [3.8, 4) is 0 Å². The number of ether oxygens (including phenoxy) is 1. The van der Waals surface area contributed by atoms with Gasteiger partial charge in [-0.1, -0.05) is 13.5 Å². The molecule has 2 aromatic rings. The van der Waals surface area contributed by atoms with Crippen LogP contribution in [0.15, 0.2) is 22.6 Å². The maximum atomic E-state index is 11.7. The minimum Gasteiger partial charge on any atom is -0.465 e. The van der Waals surface area contributed by atoms with E-state index in [1.54, 1.807) is 12.1 Å². The average Bonchev–Trinajstić information content (AvgIpc) is 2.89. The summed E-state index contributed by atoms with van der Waals surface area (Å²) < 4.78 is 10.4. The molecular formula is C15H21N3O3. The molecule has 0 unspecified atom stereocenters. The zero-order valence-electron chi connectivity index (χ0n) is 11.3. The highest BCUT2D eigenvalue weighted by molar-refractivity contribution is 6.01. The maximum absolute atomic E-state index is 11.7. The summed E-state index contributed by atoms with van der Waals surface area (Å²) >= 11 is 0. The first-order valence-electron chi connectivity index (χ1n) is 6.73. The molecule has 0 spiro atoms. The first kappa shape index (κ1) is 15.3. The SMILES string of the molecule is C.COC(=O)c1cccc2nc(NC3CCNCC3)oc12. The third-order valence-electron chi connectivity index (χ3n) is 3.49. The second-order valence-electron chi connectivity index (χ2n) is 4.83. The Morgan fingerprint density at radius 2 is 2.19 bits per heavy atom. The maximum Gasteiger partial charge on any atom is 0.341 e. The molecule has 6 nitrogen and oxygen atoms in total. The molecule has 3 rings (SSSR count). The van der Waals surface area contributed by atoms with Crippen LogP contribution in [0.5, 0.6) is 0 Å². The molecule has 6 heteroatoms. The molecule has 114 valence electrons. The molecule has 1 saturated heterocycles. The number of aromatic nitrogens is 1. The summed E-state index contributed by atoms with van der Waals surface area (Å²) in [6.07, 6.45) is 2.06. The second kappa shape index (κ2) is 6.58. The summed E-state index contributed by atoms with van der Waals surface area (Å²) in [5.74, 6) is -0.417. The summed E-state index contributed by atoms with van der Waals surface area (Å²) in [6, 6.07) is 6.08. The Kier molecular flexibility index (Phi) is 4.80. The van der Waals surface area contributed by atoms with Gasteiger partial charge in [0.1, 0.15) is 11.1 Å². The number of benzene rings is 1. The fourth-order valence-electron chi connectivity index (χ4n) is 2.42. The van der Waals surface area contributed by atoms with E-state index in [2.05, 4.69) is 15.6 Å². The van der Waals surface area contributed by atoms with Crippen LogP contribution in [0.4, 0.5) is 6.01 Å². The van der Waals surface area contributed by atoms with Crippen LogP contribution in [0.2, 0.25) is 0 Å². The lowest BCUT2D eigenvalue weighted by Crippen LogP contribution is -2.35. The number of fused-ring (bicyclic) bond motifs is 1. The topological polar surface area (TPSA) is 76.4 Å². The van der Waals surface area contributed by atoms with Crippen LogP contribution in [0, 0.1) is 0 Å². The normalized spacial score (nSPS) is 15.5. The molecule has 1 aromatic heterocycles. The van der Waals surface area contributed by atoms with Crippen molar-refractivity contribution in [1.82, 2.24) is 10.3 Å². The standard InChI is InChI=1S/C14H17N3O3.CH4/c1-19-13(18)10-3-2-4-11-12(10)20-14(17-11)16-9-5-7-15-8-6-9;/h2-4,9,15H,5-8H2,1H3,(H,16,17);1H4. The van der Waals surface area contributed by atoms with E-state index in [0.717, 1.165) is 25.9 Å². The first-order chi connectivity index (χ1) is 9.78. The van der Waals surface area contributed by atoms with Gasteiger partial charge in [-0.2, -0.15) is 4.98 Å². The van der Waals surface area contributed by atoms with Gasteiger partial charge in [0.25, 0.3) is 6.01 Å². The summed E-state index contributed by atoms with van der Waals surface area (Å²) in [6.45, 7) is 1.98. The number of hydrogen-bond acceptors (Lipinski definition) is 6. The molecule has 2 heterocycles. The number of carbonyl (C=O) groups is 1. The molecule has 2 N–H and O–H groups in total. The number of nitrogens with one attached hydrogen (secondary N) is 2. The Morgan fingerprint density at radius 1 is 1.43 bits per heavy atom. The fourth-order valence-corrected chi connectivity index (χ4v) is 2.42.